The average Bonchev–Trinajstić information content (AvgIpc) is 3.35. The summed E-state index contributed by atoms with van der Waals surface area (Å²) in [6.07, 6.45) is 6.05. The number of aliphatic imine (C=N–C) groups is 1. The standard InChI is InChI=1S/C27H31F2N5O2S/c1-36-18-27-13-19(14-30)25(32-23-4-2-21(28)3-5-23)12-20(27)8-11-34(17-27)37(35)24-6-7-26(31-15-24)33-10-9-22(29)16-33/h2-7,12,14-15,19,22,30H,8-11,13,16-18H2,1H3. The Balaban J connectivity index is 1.37. The van der Waals surface area contributed by atoms with E-state index >= 15 is 0 Å². The van der Waals surface area contributed by atoms with Gasteiger partial charge in [0.1, 0.15) is 28.8 Å². The number of fused-ring (bicyclic) bond motifs is 1. The molecule has 10 heteroatoms. The second-order valence-electron chi connectivity index (χ2n) is 9.92. The fourth-order valence-corrected chi connectivity index (χ4v) is 6.78. The Morgan fingerprint density at radius 3 is 2.73 bits per heavy atom. The van der Waals surface area contributed by atoms with Crippen molar-refractivity contribution in [3.05, 3.63) is 60.1 Å². The second kappa shape index (κ2) is 10.9. The molecule has 1 N–H and O–H groups in total. The summed E-state index contributed by atoms with van der Waals surface area (Å²) in [5.74, 6) is 0.149. The molecule has 4 atom stereocenters. The number of ether oxygens (including phenoxy) is 1. The molecule has 3 heterocycles. The highest BCUT2D eigenvalue weighted by atomic mass is 32.2. The zero-order chi connectivity index (χ0) is 26.0. The van der Waals surface area contributed by atoms with Crippen LogP contribution in [0.25, 0.3) is 0 Å². The molecule has 5 rings (SSSR count). The number of halogens is 2. The predicted molar refractivity (Wildman–Crippen MR) is 141 cm³/mol. The van der Waals surface area contributed by atoms with Crippen molar-refractivity contribution in [2.75, 3.05) is 44.8 Å². The number of aromatic nitrogens is 1. The van der Waals surface area contributed by atoms with Crippen molar-refractivity contribution in [3.8, 4) is 0 Å². The first-order valence-corrected chi connectivity index (χ1v) is 13.6. The van der Waals surface area contributed by atoms with Crippen LogP contribution in [0.3, 0.4) is 0 Å². The first kappa shape index (κ1) is 25.8. The molecule has 2 saturated heterocycles. The summed E-state index contributed by atoms with van der Waals surface area (Å²) in [6, 6.07) is 9.64. The van der Waals surface area contributed by atoms with Crippen LogP contribution in [0.5, 0.6) is 0 Å². The minimum absolute atomic E-state index is 0.238. The highest BCUT2D eigenvalue weighted by Crippen LogP contribution is 2.45. The first-order chi connectivity index (χ1) is 17.9. The summed E-state index contributed by atoms with van der Waals surface area (Å²) < 4.78 is 48.1. The minimum Gasteiger partial charge on any atom is -0.384 e. The van der Waals surface area contributed by atoms with Gasteiger partial charge in [-0.15, -0.1) is 0 Å². The largest absolute Gasteiger partial charge is 0.384 e. The van der Waals surface area contributed by atoms with E-state index in [4.69, 9.17) is 15.1 Å². The molecule has 196 valence electrons. The lowest BCUT2D eigenvalue weighted by atomic mass is 9.66. The highest BCUT2D eigenvalue weighted by molar-refractivity contribution is 7.82. The van der Waals surface area contributed by atoms with Crippen molar-refractivity contribution in [3.63, 3.8) is 0 Å². The van der Waals surface area contributed by atoms with E-state index in [9.17, 15) is 13.0 Å². The number of rotatable bonds is 7. The van der Waals surface area contributed by atoms with Gasteiger partial charge in [-0.1, -0.05) is 5.57 Å². The van der Waals surface area contributed by atoms with Crippen LogP contribution in [-0.2, 0) is 15.7 Å². The number of piperidine rings is 1. The predicted octanol–water partition coefficient (Wildman–Crippen LogP) is 4.50. The number of alkyl halides is 1. The maximum atomic E-state index is 13.6. The monoisotopic (exact) mass is 527 g/mol. The van der Waals surface area contributed by atoms with Crippen LogP contribution >= 0.6 is 0 Å². The molecule has 2 aliphatic heterocycles. The molecule has 0 amide bonds. The number of hydrogen-bond donors (Lipinski definition) is 1. The van der Waals surface area contributed by atoms with Gasteiger partial charge in [0.15, 0.2) is 0 Å². The molecule has 0 saturated carbocycles. The van der Waals surface area contributed by atoms with E-state index in [1.807, 2.05) is 27.4 Å². The minimum atomic E-state index is -1.41. The third-order valence-corrected chi connectivity index (χ3v) is 8.85. The van der Waals surface area contributed by atoms with Gasteiger partial charge in [-0.25, -0.2) is 22.3 Å². The Kier molecular flexibility index (Phi) is 7.60. The van der Waals surface area contributed by atoms with Crippen LogP contribution in [0.4, 0.5) is 20.3 Å². The van der Waals surface area contributed by atoms with Crippen LogP contribution in [0.2, 0.25) is 0 Å². The van der Waals surface area contributed by atoms with Gasteiger partial charge in [-0.3, -0.25) is 4.99 Å². The zero-order valence-electron chi connectivity index (χ0n) is 20.8. The number of allylic oxidation sites excluding steroid dienone is 1. The lowest BCUT2D eigenvalue weighted by Crippen LogP contribution is -2.51. The number of hydrogen-bond acceptors (Lipinski definition) is 6. The Hall–Kier alpha value is -2.82. The maximum absolute atomic E-state index is 13.6. The molecule has 1 aromatic heterocycles. The molecule has 0 spiro atoms. The summed E-state index contributed by atoms with van der Waals surface area (Å²) in [5.41, 5.74) is 2.19. The van der Waals surface area contributed by atoms with Gasteiger partial charge in [0, 0.05) is 56.2 Å². The van der Waals surface area contributed by atoms with Crippen molar-refractivity contribution in [2.24, 2.45) is 16.3 Å². The Bertz CT molecular complexity index is 1220. The number of pyridine rings is 1. The van der Waals surface area contributed by atoms with Gasteiger partial charge < -0.3 is 15.0 Å². The highest BCUT2D eigenvalue weighted by Gasteiger charge is 2.46. The van der Waals surface area contributed by atoms with Gasteiger partial charge >= 0.3 is 0 Å². The molecular formula is C27H31F2N5O2S. The smallest absolute Gasteiger partial charge is 0.129 e. The van der Waals surface area contributed by atoms with Crippen molar-refractivity contribution in [1.29, 1.82) is 5.41 Å². The molecule has 7 nitrogen and oxygen atoms in total. The van der Waals surface area contributed by atoms with Crippen molar-refractivity contribution >= 4 is 34.4 Å². The molecule has 1 aliphatic carbocycles. The van der Waals surface area contributed by atoms with E-state index in [-0.39, 0.29) is 11.7 Å². The number of methoxy groups -OCH3 is 1. The topological polar surface area (TPSA) is 81.9 Å². The first-order valence-electron chi connectivity index (χ1n) is 12.5. The number of benzene rings is 1. The Morgan fingerprint density at radius 1 is 1.27 bits per heavy atom. The Labute approximate surface area is 218 Å². The molecule has 0 bridgehead atoms. The normalized spacial score (nSPS) is 28.1. The summed E-state index contributed by atoms with van der Waals surface area (Å²) in [5, 5.41) is 8.08. The van der Waals surface area contributed by atoms with Crippen LogP contribution in [0.15, 0.2) is 64.1 Å². The quantitative estimate of drug-likeness (QED) is 0.538. The molecule has 4 unspecified atom stereocenters. The van der Waals surface area contributed by atoms with Crippen molar-refractivity contribution in [1.82, 2.24) is 9.29 Å². The number of nitrogens with one attached hydrogen (secondary N) is 1. The maximum Gasteiger partial charge on any atom is 0.129 e. The SMILES string of the molecule is COCC12CC(C=N)C(=Nc3ccc(F)cc3)C=C1CCN(S(=O)c1ccc(N3CCC(F)C3)nc1)C2. The number of anilines is 1. The van der Waals surface area contributed by atoms with Crippen LogP contribution in [-0.4, -0.2) is 71.5 Å². The fourth-order valence-electron chi connectivity index (χ4n) is 5.54. The average molecular weight is 528 g/mol. The van der Waals surface area contributed by atoms with E-state index in [1.54, 1.807) is 25.4 Å². The second-order valence-corrected chi connectivity index (χ2v) is 11.4. The van der Waals surface area contributed by atoms with Crippen LogP contribution in [0, 0.1) is 22.6 Å². The molecular weight excluding hydrogens is 496 g/mol. The third-order valence-electron chi connectivity index (χ3n) is 7.42. The van der Waals surface area contributed by atoms with Crippen LogP contribution in [0.1, 0.15) is 19.3 Å². The van der Waals surface area contributed by atoms with E-state index in [0.29, 0.717) is 68.4 Å². The number of nitrogens with zero attached hydrogens (tertiary/aromatic N) is 4. The van der Waals surface area contributed by atoms with Gasteiger partial charge in [0.05, 0.1) is 23.7 Å². The molecule has 37 heavy (non-hydrogen) atoms. The molecule has 2 fully saturated rings. The van der Waals surface area contributed by atoms with E-state index < -0.39 is 22.6 Å². The fraction of sp³-hybridized carbons (Fsp3) is 0.444. The van der Waals surface area contributed by atoms with Crippen molar-refractivity contribution in [2.45, 2.75) is 30.3 Å². The van der Waals surface area contributed by atoms with Gasteiger partial charge in [-0.05, 0) is 61.7 Å². The summed E-state index contributed by atoms with van der Waals surface area (Å²) >= 11 is 0. The molecule has 0 radical (unpaired) electrons. The van der Waals surface area contributed by atoms with Gasteiger partial charge in [0.25, 0.3) is 0 Å². The Morgan fingerprint density at radius 2 is 2.08 bits per heavy atom. The van der Waals surface area contributed by atoms with E-state index in [1.165, 1.54) is 23.9 Å². The van der Waals surface area contributed by atoms with Crippen LogP contribution < -0.4 is 4.90 Å². The van der Waals surface area contributed by atoms with Gasteiger partial charge in [0.2, 0.25) is 0 Å². The lowest BCUT2D eigenvalue weighted by Gasteiger charge is -2.47. The molecule has 1 aromatic carbocycles. The van der Waals surface area contributed by atoms with Crippen molar-refractivity contribution < 1.29 is 17.7 Å². The molecule has 2 aromatic rings. The zero-order valence-corrected chi connectivity index (χ0v) is 21.6. The van der Waals surface area contributed by atoms with E-state index in [0.717, 1.165) is 5.71 Å². The molecule has 3 aliphatic rings. The van der Waals surface area contributed by atoms with Gasteiger partial charge in [-0.2, -0.15) is 0 Å². The summed E-state index contributed by atoms with van der Waals surface area (Å²) in [4.78, 5) is 11.7. The lowest BCUT2D eigenvalue weighted by molar-refractivity contribution is 0.0649. The van der Waals surface area contributed by atoms with E-state index in [2.05, 4.69) is 4.98 Å². The summed E-state index contributed by atoms with van der Waals surface area (Å²) in [7, 11) is 0.245. The summed E-state index contributed by atoms with van der Waals surface area (Å²) in [6.45, 7) is 2.54. The third kappa shape index (κ3) is 5.42.